The molecule has 0 radical (unpaired) electrons. The molecule has 0 heterocycles. The number of hydrogen-bond acceptors (Lipinski definition) is 2. The maximum atomic E-state index is 13.7. The Balaban J connectivity index is 2.47. The van der Waals surface area contributed by atoms with Gasteiger partial charge in [-0.2, -0.15) is 0 Å². The summed E-state index contributed by atoms with van der Waals surface area (Å²) in [7, 11) is 0. The lowest BCUT2D eigenvalue weighted by Gasteiger charge is -2.29. The van der Waals surface area contributed by atoms with E-state index in [2.05, 4.69) is 6.58 Å². The van der Waals surface area contributed by atoms with E-state index in [0.717, 1.165) is 6.07 Å². The average Bonchev–Trinajstić information content (AvgIpc) is 2.69. The van der Waals surface area contributed by atoms with E-state index in [1.165, 1.54) is 6.07 Å². The number of carbonyl (C=O) groups is 1. The minimum absolute atomic E-state index is 0.276. The number of fused-ring (bicyclic) bond motifs is 1. The Morgan fingerprint density at radius 1 is 1.47 bits per heavy atom. The zero-order chi connectivity index (χ0) is 14.2. The lowest BCUT2D eigenvalue weighted by Crippen LogP contribution is -2.29. The van der Waals surface area contributed by atoms with Gasteiger partial charge in [-0.15, -0.1) is 0 Å². The van der Waals surface area contributed by atoms with Gasteiger partial charge < -0.3 is 4.74 Å². The van der Waals surface area contributed by atoms with Crippen molar-refractivity contribution in [3.63, 3.8) is 0 Å². The summed E-state index contributed by atoms with van der Waals surface area (Å²) in [6.07, 6.45) is 1.39. The predicted octanol–water partition coefficient (Wildman–Crippen LogP) is 3.64. The van der Waals surface area contributed by atoms with Gasteiger partial charge in [-0.05, 0) is 37.8 Å². The molecule has 0 saturated heterocycles. The van der Waals surface area contributed by atoms with Crippen LogP contribution >= 0.6 is 0 Å². The lowest BCUT2D eigenvalue weighted by molar-refractivity contribution is -0.156. The molecule has 0 N–H and O–H groups in total. The highest BCUT2D eigenvalue weighted by Gasteiger charge is 2.42. The SMILES string of the molecule is C=C(C)C(=O)OC1(CC)CCc2c(F)cc(F)cc21. The molecule has 1 unspecified atom stereocenters. The Kier molecular flexibility index (Phi) is 3.43. The van der Waals surface area contributed by atoms with Crippen molar-refractivity contribution in [1.29, 1.82) is 0 Å². The van der Waals surface area contributed by atoms with Gasteiger partial charge in [0, 0.05) is 17.2 Å². The third-order valence-corrected chi connectivity index (χ3v) is 3.64. The zero-order valence-electron chi connectivity index (χ0n) is 11.1. The van der Waals surface area contributed by atoms with Crippen LogP contribution in [0.3, 0.4) is 0 Å². The first-order valence-corrected chi connectivity index (χ1v) is 6.27. The molecular formula is C15H16F2O2. The minimum atomic E-state index is -0.936. The Labute approximate surface area is 111 Å². The molecule has 1 atom stereocenters. The molecule has 0 bridgehead atoms. The summed E-state index contributed by atoms with van der Waals surface area (Å²) in [6, 6.07) is 2.13. The van der Waals surface area contributed by atoms with Crippen LogP contribution in [0.25, 0.3) is 0 Å². The van der Waals surface area contributed by atoms with E-state index in [1.54, 1.807) is 6.92 Å². The van der Waals surface area contributed by atoms with Gasteiger partial charge in [0.1, 0.15) is 17.2 Å². The Bertz CT molecular complexity index is 551. The van der Waals surface area contributed by atoms with E-state index in [4.69, 9.17) is 4.74 Å². The molecule has 2 rings (SSSR count). The Morgan fingerprint density at radius 3 is 2.74 bits per heavy atom. The minimum Gasteiger partial charge on any atom is -0.451 e. The van der Waals surface area contributed by atoms with Crippen molar-refractivity contribution in [3.05, 3.63) is 47.0 Å². The molecule has 0 aliphatic heterocycles. The predicted molar refractivity (Wildman–Crippen MR) is 67.6 cm³/mol. The summed E-state index contributed by atoms with van der Waals surface area (Å²) in [5.74, 6) is -1.75. The monoisotopic (exact) mass is 266 g/mol. The number of carbonyl (C=O) groups excluding carboxylic acids is 1. The fraction of sp³-hybridized carbons (Fsp3) is 0.400. The first-order chi connectivity index (χ1) is 8.89. The molecule has 1 aromatic rings. The van der Waals surface area contributed by atoms with Crippen molar-refractivity contribution < 1.29 is 18.3 Å². The summed E-state index contributed by atoms with van der Waals surface area (Å²) in [6.45, 7) is 6.92. The topological polar surface area (TPSA) is 26.3 Å². The summed E-state index contributed by atoms with van der Waals surface area (Å²) in [5, 5.41) is 0. The van der Waals surface area contributed by atoms with Crippen molar-refractivity contribution >= 4 is 5.97 Å². The normalized spacial score (nSPS) is 21.1. The second kappa shape index (κ2) is 4.76. The standard InChI is InChI=1S/C15H16F2O2/c1-4-15(19-14(18)9(2)3)6-5-11-12(15)7-10(16)8-13(11)17/h7-8H,2,4-6H2,1,3H3. The quantitative estimate of drug-likeness (QED) is 0.616. The van der Waals surface area contributed by atoms with E-state index in [9.17, 15) is 13.6 Å². The molecule has 2 nitrogen and oxygen atoms in total. The molecule has 1 aliphatic carbocycles. The van der Waals surface area contributed by atoms with Crippen molar-refractivity contribution in [1.82, 2.24) is 0 Å². The maximum Gasteiger partial charge on any atom is 0.333 e. The van der Waals surface area contributed by atoms with Crippen molar-refractivity contribution in [2.75, 3.05) is 0 Å². The van der Waals surface area contributed by atoms with E-state index >= 15 is 0 Å². The van der Waals surface area contributed by atoms with E-state index < -0.39 is 23.2 Å². The highest BCUT2D eigenvalue weighted by molar-refractivity contribution is 5.87. The average molecular weight is 266 g/mol. The van der Waals surface area contributed by atoms with Crippen molar-refractivity contribution in [2.24, 2.45) is 0 Å². The van der Waals surface area contributed by atoms with Crippen LogP contribution in [0.1, 0.15) is 37.8 Å². The van der Waals surface area contributed by atoms with Crippen LogP contribution in [0.5, 0.6) is 0 Å². The highest BCUT2D eigenvalue weighted by atomic mass is 19.1. The van der Waals surface area contributed by atoms with Crippen LogP contribution < -0.4 is 0 Å². The number of halogens is 2. The van der Waals surface area contributed by atoms with Gasteiger partial charge in [0.15, 0.2) is 0 Å². The first kappa shape index (κ1) is 13.7. The third kappa shape index (κ3) is 2.27. The summed E-state index contributed by atoms with van der Waals surface area (Å²) < 4.78 is 32.6. The van der Waals surface area contributed by atoms with Gasteiger partial charge in [-0.1, -0.05) is 13.5 Å². The molecule has 0 spiro atoms. The molecule has 0 aromatic heterocycles. The number of ether oxygens (including phenoxy) is 1. The van der Waals surface area contributed by atoms with Crippen LogP contribution in [0.2, 0.25) is 0 Å². The van der Waals surface area contributed by atoms with Crippen LogP contribution in [0.4, 0.5) is 8.78 Å². The van der Waals surface area contributed by atoms with Crippen LogP contribution in [-0.2, 0) is 21.6 Å². The maximum absolute atomic E-state index is 13.7. The second-order valence-corrected chi connectivity index (χ2v) is 4.93. The van der Waals surface area contributed by atoms with Crippen LogP contribution in [0, 0.1) is 11.6 Å². The van der Waals surface area contributed by atoms with Gasteiger partial charge in [0.05, 0.1) is 0 Å². The number of esters is 1. The smallest absolute Gasteiger partial charge is 0.333 e. The number of hydrogen-bond donors (Lipinski definition) is 0. The molecule has 0 amide bonds. The van der Waals surface area contributed by atoms with E-state index in [0.29, 0.717) is 30.4 Å². The molecule has 4 heteroatoms. The third-order valence-electron chi connectivity index (χ3n) is 3.64. The van der Waals surface area contributed by atoms with E-state index in [-0.39, 0.29) is 5.57 Å². The molecule has 19 heavy (non-hydrogen) atoms. The van der Waals surface area contributed by atoms with Gasteiger partial charge >= 0.3 is 5.97 Å². The van der Waals surface area contributed by atoms with Crippen molar-refractivity contribution in [2.45, 2.75) is 38.7 Å². The van der Waals surface area contributed by atoms with Crippen LogP contribution in [0.15, 0.2) is 24.3 Å². The first-order valence-electron chi connectivity index (χ1n) is 6.27. The van der Waals surface area contributed by atoms with Gasteiger partial charge in [0.25, 0.3) is 0 Å². The lowest BCUT2D eigenvalue weighted by atomic mass is 9.92. The van der Waals surface area contributed by atoms with Gasteiger partial charge in [-0.3, -0.25) is 0 Å². The van der Waals surface area contributed by atoms with Crippen LogP contribution in [-0.4, -0.2) is 5.97 Å². The van der Waals surface area contributed by atoms with Gasteiger partial charge in [0.2, 0.25) is 0 Å². The second-order valence-electron chi connectivity index (χ2n) is 4.93. The molecule has 102 valence electrons. The largest absolute Gasteiger partial charge is 0.451 e. The molecular weight excluding hydrogens is 250 g/mol. The summed E-state index contributed by atoms with van der Waals surface area (Å²) >= 11 is 0. The highest BCUT2D eigenvalue weighted by Crippen LogP contribution is 2.44. The fourth-order valence-corrected chi connectivity index (χ4v) is 2.54. The number of benzene rings is 1. The molecule has 0 fully saturated rings. The fourth-order valence-electron chi connectivity index (χ4n) is 2.54. The molecule has 1 aliphatic rings. The van der Waals surface area contributed by atoms with Gasteiger partial charge in [-0.25, -0.2) is 13.6 Å². The zero-order valence-corrected chi connectivity index (χ0v) is 11.1. The Morgan fingerprint density at radius 2 is 2.16 bits per heavy atom. The van der Waals surface area contributed by atoms with Crippen molar-refractivity contribution in [3.8, 4) is 0 Å². The summed E-state index contributed by atoms with van der Waals surface area (Å²) in [4.78, 5) is 11.7. The molecule has 1 aromatic carbocycles. The number of rotatable bonds is 3. The molecule has 0 saturated carbocycles. The summed E-state index contributed by atoms with van der Waals surface area (Å²) in [5.41, 5.74) is 0.229. The van der Waals surface area contributed by atoms with E-state index in [1.807, 2.05) is 6.92 Å². The Hall–Kier alpha value is -1.71.